The predicted octanol–water partition coefficient (Wildman–Crippen LogP) is 8.40. The number of imidazole rings is 1. The van der Waals surface area contributed by atoms with Crippen LogP contribution in [0.4, 0.5) is 11.5 Å². The van der Waals surface area contributed by atoms with Crippen LogP contribution in [0.15, 0.2) is 66.7 Å². The van der Waals surface area contributed by atoms with Crippen LogP contribution >= 0.6 is 11.6 Å². The molecule has 0 bridgehead atoms. The van der Waals surface area contributed by atoms with Gasteiger partial charge in [0.05, 0.1) is 6.04 Å². The number of pyridine rings is 1. The van der Waals surface area contributed by atoms with Gasteiger partial charge in [0.25, 0.3) is 0 Å². The summed E-state index contributed by atoms with van der Waals surface area (Å²) in [5.74, 6) is 1.92. The third kappa shape index (κ3) is 5.85. The molecule has 2 N–H and O–H groups in total. The highest BCUT2D eigenvalue weighted by Crippen LogP contribution is 2.36. The summed E-state index contributed by atoms with van der Waals surface area (Å²) in [4.78, 5) is 5.12. The van der Waals surface area contributed by atoms with Crippen LogP contribution in [-0.2, 0) is 0 Å². The Morgan fingerprint density at radius 1 is 0.837 bits per heavy atom. The lowest BCUT2D eigenvalue weighted by molar-refractivity contribution is 0.315. The van der Waals surface area contributed by atoms with Crippen molar-refractivity contribution in [3.63, 3.8) is 0 Å². The van der Waals surface area contributed by atoms with E-state index in [-0.39, 0.29) is 6.04 Å². The molecule has 0 amide bonds. The Kier molecular flexibility index (Phi) is 8.02. The zero-order valence-corrected chi connectivity index (χ0v) is 25.5. The van der Waals surface area contributed by atoms with Crippen LogP contribution in [0.25, 0.3) is 16.9 Å². The van der Waals surface area contributed by atoms with Crippen LogP contribution in [0.2, 0.25) is 5.02 Å². The largest absolute Gasteiger partial charge is 0.371 e. The van der Waals surface area contributed by atoms with E-state index in [1.54, 1.807) is 0 Å². The molecule has 1 unspecified atom stereocenters. The fourth-order valence-electron chi connectivity index (χ4n) is 6.85. The third-order valence-corrected chi connectivity index (χ3v) is 9.41. The molecule has 3 heterocycles. The van der Waals surface area contributed by atoms with E-state index < -0.39 is 0 Å². The van der Waals surface area contributed by atoms with Crippen molar-refractivity contribution in [1.29, 1.82) is 0 Å². The standard InChI is InChI=1S/C34H39ClN8/c1-23-9-8-14-30-38-31(33(42(23)30)37-27-10-4-2-5-11-27)24-15-17-25(18-16-24)32(36-28-21-19-26(35)20-22-28)34-39-40-41-43(34)29-12-6-3-7-13-29/h8-9,14-22,27,29,32,36-37H,2-7,10-13H2,1H3. The van der Waals surface area contributed by atoms with Crippen molar-refractivity contribution in [1.82, 2.24) is 29.6 Å². The first-order valence-electron chi connectivity index (χ1n) is 15.8. The highest BCUT2D eigenvalue weighted by molar-refractivity contribution is 6.30. The SMILES string of the molecule is Cc1cccc2nc(-c3ccc(C(Nc4ccc(Cl)cc4)c4nnnn4C4CCCCC4)cc3)c(NC3CCCCC3)n12. The van der Waals surface area contributed by atoms with Gasteiger partial charge in [-0.15, -0.1) is 5.10 Å². The van der Waals surface area contributed by atoms with Crippen molar-refractivity contribution in [3.05, 3.63) is 88.8 Å². The molecule has 2 aliphatic carbocycles. The molecule has 0 saturated heterocycles. The molecule has 2 aliphatic rings. The van der Waals surface area contributed by atoms with Gasteiger partial charge in [-0.25, -0.2) is 9.67 Å². The number of benzene rings is 2. The average Bonchev–Trinajstić information content (AvgIpc) is 3.68. The topological polar surface area (TPSA) is 85.0 Å². The maximum Gasteiger partial charge on any atom is 0.178 e. The molecular formula is C34H39ClN8. The number of fused-ring (bicyclic) bond motifs is 1. The fraction of sp³-hybridized carbons (Fsp3) is 0.412. The maximum atomic E-state index is 6.20. The number of halogens is 1. The molecule has 3 aromatic heterocycles. The van der Waals surface area contributed by atoms with Gasteiger partial charge >= 0.3 is 0 Å². The molecule has 1 atom stereocenters. The monoisotopic (exact) mass is 594 g/mol. The summed E-state index contributed by atoms with van der Waals surface area (Å²) in [6, 6.07) is 23.4. The van der Waals surface area contributed by atoms with Gasteiger partial charge in [-0.2, -0.15) is 0 Å². The molecule has 0 spiro atoms. The van der Waals surface area contributed by atoms with Crippen molar-refractivity contribution >= 4 is 28.8 Å². The summed E-state index contributed by atoms with van der Waals surface area (Å²) in [5.41, 5.74) is 6.26. The van der Waals surface area contributed by atoms with E-state index in [2.05, 4.69) is 84.6 Å². The number of nitrogens with one attached hydrogen (secondary N) is 2. The minimum atomic E-state index is -0.227. The Morgan fingerprint density at radius 2 is 1.56 bits per heavy atom. The van der Waals surface area contributed by atoms with E-state index in [1.165, 1.54) is 57.1 Å². The first-order chi connectivity index (χ1) is 21.1. The number of tetrazole rings is 1. The molecule has 222 valence electrons. The molecule has 5 aromatic rings. The quantitative estimate of drug-likeness (QED) is 0.188. The van der Waals surface area contributed by atoms with Gasteiger partial charge < -0.3 is 10.6 Å². The number of hydrogen-bond donors (Lipinski definition) is 2. The molecule has 2 saturated carbocycles. The number of aromatic nitrogens is 6. The summed E-state index contributed by atoms with van der Waals surface area (Å²) in [7, 11) is 0. The van der Waals surface area contributed by atoms with Crippen LogP contribution < -0.4 is 10.6 Å². The van der Waals surface area contributed by atoms with Gasteiger partial charge in [0.1, 0.15) is 23.2 Å². The minimum Gasteiger partial charge on any atom is -0.371 e. The van der Waals surface area contributed by atoms with Crippen molar-refractivity contribution in [2.45, 2.75) is 89.3 Å². The molecule has 2 fully saturated rings. The second kappa shape index (κ2) is 12.4. The molecule has 8 nitrogen and oxygen atoms in total. The number of anilines is 2. The Balaban J connectivity index is 1.26. The maximum absolute atomic E-state index is 6.20. The van der Waals surface area contributed by atoms with Gasteiger partial charge in [0.15, 0.2) is 5.82 Å². The van der Waals surface area contributed by atoms with E-state index >= 15 is 0 Å². The van der Waals surface area contributed by atoms with E-state index in [1.807, 2.05) is 24.3 Å². The number of rotatable bonds is 8. The van der Waals surface area contributed by atoms with Crippen LogP contribution in [0, 0.1) is 6.92 Å². The molecule has 9 heteroatoms. The van der Waals surface area contributed by atoms with E-state index in [0.29, 0.717) is 17.1 Å². The van der Waals surface area contributed by atoms with Gasteiger partial charge in [-0.1, -0.05) is 80.5 Å². The first-order valence-corrected chi connectivity index (χ1v) is 16.2. The summed E-state index contributed by atoms with van der Waals surface area (Å²) >= 11 is 6.20. The highest BCUT2D eigenvalue weighted by atomic mass is 35.5. The van der Waals surface area contributed by atoms with Crippen molar-refractivity contribution in [2.75, 3.05) is 10.6 Å². The Labute approximate surface area is 257 Å². The summed E-state index contributed by atoms with van der Waals surface area (Å²) in [6.07, 6.45) is 12.2. The van der Waals surface area contributed by atoms with Crippen LogP contribution in [0.5, 0.6) is 0 Å². The first kappa shape index (κ1) is 27.9. The van der Waals surface area contributed by atoms with Crippen LogP contribution in [-0.4, -0.2) is 35.6 Å². The van der Waals surface area contributed by atoms with Crippen molar-refractivity contribution < 1.29 is 0 Å². The Bertz CT molecular complexity index is 1660. The van der Waals surface area contributed by atoms with Gasteiger partial charge in [-0.3, -0.25) is 4.40 Å². The van der Waals surface area contributed by atoms with E-state index in [9.17, 15) is 0 Å². The molecule has 43 heavy (non-hydrogen) atoms. The molecule has 2 aromatic carbocycles. The lowest BCUT2D eigenvalue weighted by Gasteiger charge is -2.26. The second-order valence-electron chi connectivity index (χ2n) is 12.1. The number of aryl methyl sites for hydroxylation is 1. The van der Waals surface area contributed by atoms with Crippen molar-refractivity contribution in [3.8, 4) is 11.3 Å². The molecule has 7 rings (SSSR count). The average molecular weight is 595 g/mol. The third-order valence-electron chi connectivity index (χ3n) is 9.15. The van der Waals surface area contributed by atoms with Crippen LogP contribution in [0.3, 0.4) is 0 Å². The summed E-state index contributed by atoms with van der Waals surface area (Å²) in [5, 5.41) is 21.5. The van der Waals surface area contributed by atoms with E-state index in [4.69, 9.17) is 16.6 Å². The fourth-order valence-corrected chi connectivity index (χ4v) is 6.97. The molecule has 0 radical (unpaired) electrons. The molecule has 0 aliphatic heterocycles. The van der Waals surface area contributed by atoms with Crippen molar-refractivity contribution in [2.24, 2.45) is 0 Å². The smallest absolute Gasteiger partial charge is 0.178 e. The zero-order valence-electron chi connectivity index (χ0n) is 24.7. The summed E-state index contributed by atoms with van der Waals surface area (Å²) < 4.78 is 4.32. The minimum absolute atomic E-state index is 0.227. The summed E-state index contributed by atoms with van der Waals surface area (Å²) in [6.45, 7) is 2.15. The zero-order chi connectivity index (χ0) is 29.2. The van der Waals surface area contributed by atoms with Gasteiger partial charge in [0, 0.05) is 28.0 Å². The Hall–Kier alpha value is -3.91. The van der Waals surface area contributed by atoms with Crippen LogP contribution in [0.1, 0.15) is 93.4 Å². The lowest BCUT2D eigenvalue weighted by atomic mass is 9.95. The lowest BCUT2D eigenvalue weighted by Crippen LogP contribution is -2.23. The second-order valence-corrected chi connectivity index (χ2v) is 12.6. The highest BCUT2D eigenvalue weighted by Gasteiger charge is 2.27. The Morgan fingerprint density at radius 3 is 2.30 bits per heavy atom. The predicted molar refractivity (Wildman–Crippen MR) is 173 cm³/mol. The number of nitrogens with zero attached hydrogens (tertiary/aromatic N) is 6. The normalized spacial score (nSPS) is 17.3. The van der Waals surface area contributed by atoms with Gasteiger partial charge in [-0.05, 0) is 85.0 Å². The number of hydrogen-bond acceptors (Lipinski definition) is 6. The van der Waals surface area contributed by atoms with E-state index in [0.717, 1.165) is 52.6 Å². The van der Waals surface area contributed by atoms with Gasteiger partial charge in [0.2, 0.25) is 0 Å². The molecular weight excluding hydrogens is 556 g/mol.